The number of aryl methyl sites for hydroxylation is 1. The van der Waals surface area contributed by atoms with Crippen molar-refractivity contribution < 1.29 is 14.7 Å². The van der Waals surface area contributed by atoms with E-state index in [9.17, 15) is 19.5 Å². The van der Waals surface area contributed by atoms with E-state index < -0.39 is 12.1 Å². The third-order valence-corrected chi connectivity index (χ3v) is 6.70. The lowest BCUT2D eigenvalue weighted by Crippen LogP contribution is -2.63. The average Bonchev–Trinajstić information content (AvgIpc) is 2.82. The minimum absolute atomic E-state index is 0.0436. The topological polar surface area (TPSA) is 112 Å². The number of carboxylic acid groups (broad SMARTS) is 1. The lowest BCUT2D eigenvalue weighted by molar-refractivity contribution is -0.120. The van der Waals surface area contributed by atoms with Crippen LogP contribution in [0.1, 0.15) is 31.0 Å². The van der Waals surface area contributed by atoms with Gasteiger partial charge in [-0.15, -0.1) is 0 Å². The molecule has 34 heavy (non-hydrogen) atoms. The lowest BCUT2D eigenvalue weighted by atomic mass is 10.0. The predicted octanol–water partition coefficient (Wildman–Crippen LogP) is 2.36. The number of aromatic nitrogens is 3. The number of rotatable bonds is 2. The van der Waals surface area contributed by atoms with Gasteiger partial charge in [0, 0.05) is 37.9 Å². The predicted molar refractivity (Wildman–Crippen MR) is 128 cm³/mol. The molecule has 3 aromatic heterocycles. The van der Waals surface area contributed by atoms with Crippen LogP contribution in [-0.2, 0) is 4.79 Å². The molecule has 2 aliphatic heterocycles. The monoisotopic (exact) mass is 462 g/mol. The number of pyridine rings is 3. The van der Waals surface area contributed by atoms with Crippen molar-refractivity contribution in [3.8, 4) is 5.69 Å². The fourth-order valence-electron chi connectivity index (χ4n) is 5.05. The molecule has 1 saturated heterocycles. The van der Waals surface area contributed by atoms with Crippen molar-refractivity contribution >= 4 is 34.4 Å². The van der Waals surface area contributed by atoms with Gasteiger partial charge in [0.1, 0.15) is 17.4 Å². The van der Waals surface area contributed by atoms with E-state index in [1.807, 2.05) is 37.8 Å². The van der Waals surface area contributed by atoms with Crippen LogP contribution >= 0.6 is 0 Å². The molecule has 1 unspecified atom stereocenters. The Hall–Kier alpha value is -3.95. The first-order chi connectivity index (χ1) is 16.2. The van der Waals surface area contributed by atoms with Crippen LogP contribution in [0.3, 0.4) is 0 Å². The second-order valence-corrected chi connectivity index (χ2v) is 9.06. The van der Waals surface area contributed by atoms with E-state index in [1.165, 1.54) is 9.80 Å². The summed E-state index contributed by atoms with van der Waals surface area (Å²) in [6.07, 6.45) is 2.31. The number of hydrogen-bond acceptors (Lipinski definition) is 6. The summed E-state index contributed by atoms with van der Waals surface area (Å²) in [6, 6.07) is 4.85. The van der Waals surface area contributed by atoms with Gasteiger partial charge in [0.05, 0.1) is 23.6 Å². The van der Waals surface area contributed by atoms with Crippen LogP contribution in [-0.4, -0.2) is 69.3 Å². The fourth-order valence-corrected chi connectivity index (χ4v) is 5.05. The molecule has 2 aliphatic rings. The van der Waals surface area contributed by atoms with E-state index in [1.54, 1.807) is 30.1 Å². The molecule has 0 aliphatic carbocycles. The van der Waals surface area contributed by atoms with Crippen molar-refractivity contribution in [2.24, 2.45) is 0 Å². The van der Waals surface area contributed by atoms with Crippen LogP contribution in [0.25, 0.3) is 16.7 Å². The molecule has 0 radical (unpaired) electrons. The first-order valence-electron chi connectivity index (χ1n) is 11.2. The van der Waals surface area contributed by atoms with E-state index in [4.69, 9.17) is 0 Å². The molecule has 0 saturated carbocycles. The first-order valence-corrected chi connectivity index (χ1v) is 11.2. The summed E-state index contributed by atoms with van der Waals surface area (Å²) in [5.74, 6) is -0.248. The van der Waals surface area contributed by atoms with Crippen LogP contribution in [0.15, 0.2) is 35.4 Å². The van der Waals surface area contributed by atoms with E-state index in [0.717, 1.165) is 16.6 Å². The summed E-state index contributed by atoms with van der Waals surface area (Å²) in [4.78, 5) is 52.7. The van der Waals surface area contributed by atoms with Crippen LogP contribution in [0.2, 0.25) is 0 Å². The minimum atomic E-state index is -1.06. The smallest absolute Gasteiger partial charge is 0.407 e. The van der Waals surface area contributed by atoms with E-state index in [2.05, 4.69) is 9.97 Å². The van der Waals surface area contributed by atoms with Crippen molar-refractivity contribution in [1.29, 1.82) is 0 Å². The number of piperazine rings is 1. The Morgan fingerprint density at radius 2 is 1.85 bits per heavy atom. The number of likely N-dealkylation sites (N-methyl/N-ethyl adjacent to an activating group) is 1. The Balaban J connectivity index is 1.85. The van der Waals surface area contributed by atoms with Crippen molar-refractivity contribution in [3.05, 3.63) is 52.2 Å². The van der Waals surface area contributed by atoms with Gasteiger partial charge in [-0.1, -0.05) is 13.8 Å². The zero-order chi connectivity index (χ0) is 24.3. The Morgan fingerprint density at radius 1 is 1.09 bits per heavy atom. The molecule has 1 atom stereocenters. The maximum Gasteiger partial charge on any atom is 0.407 e. The molecule has 0 bridgehead atoms. The third kappa shape index (κ3) is 3.05. The summed E-state index contributed by atoms with van der Waals surface area (Å²) in [5, 5.41) is 10.2. The molecular weight excluding hydrogens is 436 g/mol. The van der Waals surface area contributed by atoms with Gasteiger partial charge in [0.2, 0.25) is 0 Å². The Labute approximate surface area is 196 Å². The Kier molecular flexibility index (Phi) is 5.03. The van der Waals surface area contributed by atoms with Crippen molar-refractivity contribution in [2.45, 2.75) is 32.7 Å². The number of amides is 2. The van der Waals surface area contributed by atoms with Gasteiger partial charge in [-0.2, -0.15) is 0 Å². The van der Waals surface area contributed by atoms with Gasteiger partial charge in [0.15, 0.2) is 0 Å². The number of nitrogens with zero attached hydrogens (tertiary/aromatic N) is 6. The molecule has 5 rings (SSSR count). The molecule has 10 nitrogen and oxygen atoms in total. The first kappa shape index (κ1) is 21.9. The number of anilines is 2. The molecule has 176 valence electrons. The highest BCUT2D eigenvalue weighted by Gasteiger charge is 2.44. The fraction of sp³-hybridized carbons (Fsp3) is 0.375. The minimum Gasteiger partial charge on any atom is -0.465 e. The summed E-state index contributed by atoms with van der Waals surface area (Å²) in [6.45, 7) is 6.56. The zero-order valence-electron chi connectivity index (χ0n) is 19.5. The molecule has 1 fully saturated rings. The van der Waals surface area contributed by atoms with Gasteiger partial charge >= 0.3 is 6.09 Å². The maximum absolute atomic E-state index is 14.1. The van der Waals surface area contributed by atoms with Crippen LogP contribution in [0.5, 0.6) is 0 Å². The summed E-state index contributed by atoms with van der Waals surface area (Å²) in [7, 11) is 1.58. The number of hydrogen-bond donors (Lipinski definition) is 1. The molecule has 1 N–H and O–H groups in total. The van der Waals surface area contributed by atoms with E-state index >= 15 is 0 Å². The average molecular weight is 463 g/mol. The highest BCUT2D eigenvalue weighted by molar-refractivity contribution is 6.11. The quantitative estimate of drug-likeness (QED) is 0.622. The standard InChI is InChI=1S/C24H26N6O4/c1-13(2)17-18(14(3)7-9-25-17)30-21-15(6-5-8-26-21)19-20(23(30)32)27(4)22(31)16-12-28(24(33)34)10-11-29(16)19/h5-9,13,16H,10-12H2,1-4H3,(H,33,34). The highest BCUT2D eigenvalue weighted by atomic mass is 16.4. The van der Waals surface area contributed by atoms with Crippen LogP contribution in [0.4, 0.5) is 16.2 Å². The molecular formula is C24H26N6O4. The third-order valence-electron chi connectivity index (χ3n) is 6.70. The van der Waals surface area contributed by atoms with Gasteiger partial charge in [-0.3, -0.25) is 19.1 Å². The molecule has 2 amide bonds. The van der Waals surface area contributed by atoms with Crippen molar-refractivity contribution in [1.82, 2.24) is 19.4 Å². The van der Waals surface area contributed by atoms with E-state index in [-0.39, 0.29) is 36.2 Å². The molecule has 10 heteroatoms. The van der Waals surface area contributed by atoms with Gasteiger partial charge < -0.3 is 19.8 Å². The summed E-state index contributed by atoms with van der Waals surface area (Å²) < 4.78 is 1.57. The van der Waals surface area contributed by atoms with Crippen LogP contribution < -0.4 is 15.4 Å². The second-order valence-electron chi connectivity index (χ2n) is 9.06. The molecule has 0 spiro atoms. The number of carbonyl (C=O) groups is 2. The zero-order valence-corrected chi connectivity index (χ0v) is 19.5. The second kappa shape index (κ2) is 7.82. The van der Waals surface area contributed by atoms with Gasteiger partial charge in [0.25, 0.3) is 11.5 Å². The normalized spacial score (nSPS) is 17.9. The van der Waals surface area contributed by atoms with Gasteiger partial charge in [-0.05, 0) is 36.6 Å². The van der Waals surface area contributed by atoms with Gasteiger partial charge in [-0.25, -0.2) is 9.78 Å². The molecule has 3 aromatic rings. The SMILES string of the molecule is Cc1ccnc(C(C)C)c1-n1c(=O)c2c(c3cccnc31)N1CCN(C(=O)O)CC1C(=O)N2C. The maximum atomic E-state index is 14.1. The number of fused-ring (bicyclic) bond motifs is 5. The number of carbonyl (C=O) groups excluding carboxylic acids is 1. The molecule has 0 aromatic carbocycles. The van der Waals surface area contributed by atoms with Crippen molar-refractivity contribution in [3.63, 3.8) is 0 Å². The lowest BCUT2D eigenvalue weighted by Gasteiger charge is -2.46. The highest BCUT2D eigenvalue weighted by Crippen LogP contribution is 2.40. The molecule has 5 heterocycles. The van der Waals surface area contributed by atoms with E-state index in [0.29, 0.717) is 23.6 Å². The summed E-state index contributed by atoms with van der Waals surface area (Å²) >= 11 is 0. The largest absolute Gasteiger partial charge is 0.465 e. The Morgan fingerprint density at radius 3 is 2.56 bits per heavy atom. The van der Waals surface area contributed by atoms with Crippen molar-refractivity contribution in [2.75, 3.05) is 36.5 Å². The Bertz CT molecular complexity index is 1400. The van der Waals surface area contributed by atoms with Crippen LogP contribution in [0, 0.1) is 6.92 Å². The summed E-state index contributed by atoms with van der Waals surface area (Å²) in [5.41, 5.74) is 3.34.